The van der Waals surface area contributed by atoms with Crippen molar-refractivity contribution in [3.05, 3.63) is 33.9 Å². The number of nitrogen functional groups attached to an aromatic ring is 2. The Balaban J connectivity index is 2.74. The highest BCUT2D eigenvalue weighted by atomic mass is 19.1. The van der Waals surface area contributed by atoms with E-state index < -0.39 is 33.6 Å². The van der Waals surface area contributed by atoms with Crippen molar-refractivity contribution in [1.29, 1.82) is 0 Å². The molecule has 8 nitrogen and oxygen atoms in total. The molecule has 0 atom stereocenters. The molecular formula is C9H6F2N6O2. The number of nitro benzene ring substituents is 1. The van der Waals surface area contributed by atoms with E-state index in [1.54, 1.807) is 0 Å². The first-order valence-corrected chi connectivity index (χ1v) is 4.80. The Morgan fingerprint density at radius 2 is 1.68 bits per heavy atom. The molecular weight excluding hydrogens is 262 g/mol. The van der Waals surface area contributed by atoms with Crippen molar-refractivity contribution in [3.8, 4) is 11.4 Å². The van der Waals surface area contributed by atoms with Gasteiger partial charge in [0.2, 0.25) is 17.7 Å². The zero-order valence-corrected chi connectivity index (χ0v) is 9.17. The van der Waals surface area contributed by atoms with E-state index in [9.17, 15) is 18.9 Å². The normalized spacial score (nSPS) is 10.4. The van der Waals surface area contributed by atoms with Gasteiger partial charge in [0.15, 0.2) is 5.82 Å². The molecule has 1 heterocycles. The number of halogens is 2. The minimum atomic E-state index is -1.41. The molecule has 0 radical (unpaired) electrons. The Bertz CT molecular complexity index is 658. The van der Waals surface area contributed by atoms with Crippen molar-refractivity contribution in [2.24, 2.45) is 0 Å². The molecule has 0 fully saturated rings. The average molecular weight is 268 g/mol. The van der Waals surface area contributed by atoms with Gasteiger partial charge < -0.3 is 11.5 Å². The summed E-state index contributed by atoms with van der Waals surface area (Å²) >= 11 is 0. The van der Waals surface area contributed by atoms with Gasteiger partial charge >= 0.3 is 5.69 Å². The highest BCUT2D eigenvalue weighted by Crippen LogP contribution is 2.29. The third kappa shape index (κ3) is 2.22. The van der Waals surface area contributed by atoms with Crippen LogP contribution in [0.5, 0.6) is 0 Å². The second-order valence-electron chi connectivity index (χ2n) is 3.39. The standard InChI is InChI=1S/C9H6F2N6O2/c10-3-1-2-4(17(18)19)6(11)5(3)7-14-8(12)16-9(13)15-7/h1-2H,(H4,12,13,14,15,16). The molecule has 1 aromatic carbocycles. The smallest absolute Gasteiger partial charge is 0.305 e. The number of hydrogen-bond donors (Lipinski definition) is 2. The van der Waals surface area contributed by atoms with Gasteiger partial charge in [-0.3, -0.25) is 10.1 Å². The first kappa shape index (κ1) is 12.5. The summed E-state index contributed by atoms with van der Waals surface area (Å²) in [5.41, 5.74) is 8.86. The lowest BCUT2D eigenvalue weighted by Crippen LogP contribution is -2.07. The Kier molecular flexibility index (Phi) is 2.91. The van der Waals surface area contributed by atoms with Gasteiger partial charge in [-0.25, -0.2) is 4.39 Å². The van der Waals surface area contributed by atoms with Gasteiger partial charge in [0.05, 0.1) is 10.5 Å². The quantitative estimate of drug-likeness (QED) is 0.610. The van der Waals surface area contributed by atoms with Crippen molar-refractivity contribution in [2.75, 3.05) is 11.5 Å². The summed E-state index contributed by atoms with van der Waals surface area (Å²) in [5, 5.41) is 10.6. The minimum absolute atomic E-state index is 0.354. The molecule has 4 N–H and O–H groups in total. The number of nitro groups is 1. The van der Waals surface area contributed by atoms with Crippen LogP contribution in [0.25, 0.3) is 11.4 Å². The van der Waals surface area contributed by atoms with Crippen LogP contribution in [-0.2, 0) is 0 Å². The fourth-order valence-corrected chi connectivity index (χ4v) is 1.41. The Morgan fingerprint density at radius 1 is 1.11 bits per heavy atom. The van der Waals surface area contributed by atoms with Crippen LogP contribution < -0.4 is 11.5 Å². The predicted octanol–water partition coefficient (Wildman–Crippen LogP) is 0.889. The monoisotopic (exact) mass is 268 g/mol. The Morgan fingerprint density at radius 3 is 2.21 bits per heavy atom. The maximum Gasteiger partial charge on any atom is 0.305 e. The molecule has 2 aromatic rings. The fourth-order valence-electron chi connectivity index (χ4n) is 1.41. The Labute approximate surface area is 104 Å². The molecule has 98 valence electrons. The summed E-state index contributed by atoms with van der Waals surface area (Å²) < 4.78 is 27.5. The van der Waals surface area contributed by atoms with Crippen molar-refractivity contribution >= 4 is 17.6 Å². The van der Waals surface area contributed by atoms with E-state index in [1.165, 1.54) is 0 Å². The van der Waals surface area contributed by atoms with Gasteiger partial charge in [-0.2, -0.15) is 19.3 Å². The van der Waals surface area contributed by atoms with Gasteiger partial charge in [0, 0.05) is 6.07 Å². The predicted molar refractivity (Wildman–Crippen MR) is 60.7 cm³/mol. The summed E-state index contributed by atoms with van der Waals surface area (Å²) in [5.74, 6) is -3.70. The van der Waals surface area contributed by atoms with Crippen LogP contribution in [0.4, 0.5) is 26.4 Å². The van der Waals surface area contributed by atoms with Crippen LogP contribution in [0.3, 0.4) is 0 Å². The Hall–Kier alpha value is -2.91. The van der Waals surface area contributed by atoms with Gasteiger partial charge in [-0.15, -0.1) is 0 Å². The summed E-state index contributed by atoms with van der Waals surface area (Å²) in [7, 11) is 0. The van der Waals surface area contributed by atoms with E-state index in [0.717, 1.165) is 6.07 Å². The summed E-state index contributed by atoms with van der Waals surface area (Å²) in [6, 6.07) is 1.43. The number of nitrogens with zero attached hydrogens (tertiary/aromatic N) is 4. The highest BCUT2D eigenvalue weighted by molar-refractivity contribution is 5.63. The number of nitrogens with two attached hydrogens (primary N) is 2. The average Bonchev–Trinajstić information content (AvgIpc) is 2.26. The third-order valence-electron chi connectivity index (χ3n) is 2.16. The zero-order chi connectivity index (χ0) is 14.2. The highest BCUT2D eigenvalue weighted by Gasteiger charge is 2.24. The molecule has 10 heteroatoms. The van der Waals surface area contributed by atoms with Crippen molar-refractivity contribution in [1.82, 2.24) is 15.0 Å². The summed E-state index contributed by atoms with van der Waals surface area (Å²) in [6.07, 6.45) is 0. The zero-order valence-electron chi connectivity index (χ0n) is 9.17. The number of aromatic nitrogens is 3. The molecule has 0 unspecified atom stereocenters. The maximum absolute atomic E-state index is 13.9. The third-order valence-corrected chi connectivity index (χ3v) is 2.16. The first-order chi connectivity index (χ1) is 8.90. The fraction of sp³-hybridized carbons (Fsp3) is 0. The molecule has 19 heavy (non-hydrogen) atoms. The van der Waals surface area contributed by atoms with Crippen LogP contribution in [0.1, 0.15) is 0 Å². The lowest BCUT2D eigenvalue weighted by atomic mass is 10.1. The van der Waals surface area contributed by atoms with Gasteiger partial charge in [0.25, 0.3) is 0 Å². The largest absolute Gasteiger partial charge is 0.368 e. The van der Waals surface area contributed by atoms with E-state index in [2.05, 4.69) is 15.0 Å². The topological polar surface area (TPSA) is 134 Å². The van der Waals surface area contributed by atoms with E-state index in [1.807, 2.05) is 0 Å². The molecule has 0 amide bonds. The number of rotatable bonds is 2. The SMILES string of the molecule is Nc1nc(N)nc(-c2c(F)ccc([N+](=O)[O-])c2F)n1. The van der Waals surface area contributed by atoms with E-state index in [-0.39, 0.29) is 11.9 Å². The van der Waals surface area contributed by atoms with Crippen LogP contribution in [0, 0.1) is 21.7 Å². The first-order valence-electron chi connectivity index (χ1n) is 4.80. The van der Waals surface area contributed by atoms with E-state index >= 15 is 0 Å². The molecule has 0 aliphatic rings. The van der Waals surface area contributed by atoms with Gasteiger partial charge in [-0.05, 0) is 6.07 Å². The lowest BCUT2D eigenvalue weighted by Gasteiger charge is -2.05. The molecule has 0 bridgehead atoms. The number of anilines is 2. The summed E-state index contributed by atoms with van der Waals surface area (Å²) in [4.78, 5) is 20.0. The van der Waals surface area contributed by atoms with E-state index in [4.69, 9.17) is 11.5 Å². The van der Waals surface area contributed by atoms with Crippen LogP contribution in [0.2, 0.25) is 0 Å². The molecule has 0 aliphatic heterocycles. The molecule has 0 saturated carbocycles. The van der Waals surface area contributed by atoms with E-state index in [0.29, 0.717) is 6.07 Å². The van der Waals surface area contributed by atoms with Crippen LogP contribution in [0.15, 0.2) is 12.1 Å². The molecule has 1 aromatic heterocycles. The molecule has 2 rings (SSSR count). The molecule has 0 saturated heterocycles. The summed E-state index contributed by atoms with van der Waals surface area (Å²) in [6.45, 7) is 0. The van der Waals surface area contributed by atoms with Crippen molar-refractivity contribution in [3.63, 3.8) is 0 Å². The van der Waals surface area contributed by atoms with Crippen molar-refractivity contribution in [2.45, 2.75) is 0 Å². The number of benzene rings is 1. The minimum Gasteiger partial charge on any atom is -0.368 e. The second-order valence-corrected chi connectivity index (χ2v) is 3.39. The van der Waals surface area contributed by atoms with Crippen LogP contribution in [-0.4, -0.2) is 19.9 Å². The molecule has 0 spiro atoms. The lowest BCUT2D eigenvalue weighted by molar-refractivity contribution is -0.387. The second kappa shape index (κ2) is 4.40. The van der Waals surface area contributed by atoms with Gasteiger partial charge in [0.1, 0.15) is 5.82 Å². The maximum atomic E-state index is 13.9. The van der Waals surface area contributed by atoms with Crippen molar-refractivity contribution < 1.29 is 13.7 Å². The van der Waals surface area contributed by atoms with Crippen LogP contribution >= 0.6 is 0 Å². The molecule has 0 aliphatic carbocycles. The number of hydrogen-bond acceptors (Lipinski definition) is 7. The van der Waals surface area contributed by atoms with Gasteiger partial charge in [-0.1, -0.05) is 0 Å².